The van der Waals surface area contributed by atoms with Gasteiger partial charge in [0.05, 0.1) is 21.1 Å². The first kappa shape index (κ1) is 20.8. The van der Waals surface area contributed by atoms with E-state index in [1.54, 1.807) is 0 Å². The van der Waals surface area contributed by atoms with Crippen molar-refractivity contribution in [2.45, 2.75) is 31.0 Å². The second-order valence-electron chi connectivity index (χ2n) is 6.61. The highest BCUT2D eigenvalue weighted by Gasteiger charge is 2.22. The number of fused-ring (bicyclic) bond motifs is 1. The maximum absolute atomic E-state index is 12.2. The van der Waals surface area contributed by atoms with Crippen molar-refractivity contribution in [3.63, 3.8) is 0 Å². The van der Waals surface area contributed by atoms with Gasteiger partial charge >= 0.3 is 5.69 Å². The lowest BCUT2D eigenvalue weighted by Gasteiger charge is -2.18. The zero-order chi connectivity index (χ0) is 21.4. The molecule has 2 heterocycles. The van der Waals surface area contributed by atoms with Crippen LogP contribution in [-0.4, -0.2) is 25.0 Å². The van der Waals surface area contributed by atoms with Gasteiger partial charge in [-0.25, -0.2) is 9.89 Å². The minimum atomic E-state index is -0.734. The van der Waals surface area contributed by atoms with Crippen molar-refractivity contribution in [2.75, 3.05) is 0 Å². The molecule has 0 bridgehead atoms. The summed E-state index contributed by atoms with van der Waals surface area (Å²) in [5.41, 5.74) is 0.211. The number of alkyl halides is 1. The lowest BCUT2D eigenvalue weighted by Crippen LogP contribution is -2.33. The number of benzene rings is 1. The topological polar surface area (TPSA) is 123 Å². The first-order valence-electron chi connectivity index (χ1n) is 8.95. The molecule has 4 rings (SSSR count). The van der Waals surface area contributed by atoms with Gasteiger partial charge in [0, 0.05) is 11.1 Å². The van der Waals surface area contributed by atoms with Crippen LogP contribution in [0.25, 0.3) is 5.69 Å². The molecule has 1 aliphatic carbocycles. The molecule has 2 N–H and O–H groups in total. The molecule has 0 amide bonds. The molecule has 30 heavy (non-hydrogen) atoms. The van der Waals surface area contributed by atoms with Gasteiger partial charge in [-0.15, -0.1) is 5.10 Å². The van der Waals surface area contributed by atoms with Crippen molar-refractivity contribution < 1.29 is 4.74 Å². The average Bonchev–Trinajstić information content (AvgIpc) is 2.72. The number of nitrogens with one attached hydrogen (secondary N) is 2. The number of hydrogen-bond donors (Lipinski definition) is 2. The molecule has 9 nitrogen and oxygen atoms in total. The fourth-order valence-corrected chi connectivity index (χ4v) is 4.19. The molecule has 3 aromatic rings. The van der Waals surface area contributed by atoms with Crippen molar-refractivity contribution in [1.29, 1.82) is 0 Å². The summed E-state index contributed by atoms with van der Waals surface area (Å²) in [6.07, 6.45) is 3.17. The number of aromatic amines is 2. The largest absolute Gasteiger partial charge is 0.434 e. The van der Waals surface area contributed by atoms with E-state index in [-0.39, 0.29) is 43.9 Å². The number of aromatic nitrogens is 5. The second-order valence-corrected chi connectivity index (χ2v) is 7.99. The third-order valence-electron chi connectivity index (χ3n) is 4.71. The molecule has 0 atom stereocenters. The molecule has 0 aliphatic heterocycles. The van der Waals surface area contributed by atoms with Crippen LogP contribution in [-0.2, 0) is 18.2 Å². The van der Waals surface area contributed by atoms with E-state index < -0.39 is 11.2 Å². The van der Waals surface area contributed by atoms with Crippen molar-refractivity contribution in [3.8, 4) is 17.3 Å². The quantitative estimate of drug-likeness (QED) is 0.516. The van der Waals surface area contributed by atoms with Crippen LogP contribution >= 0.6 is 39.1 Å². The molecular weight excluding hydrogens is 501 g/mol. The van der Waals surface area contributed by atoms with Gasteiger partial charge in [-0.3, -0.25) is 14.6 Å². The van der Waals surface area contributed by atoms with E-state index in [4.69, 9.17) is 27.9 Å². The Hall–Kier alpha value is -2.43. The molecule has 2 aromatic heterocycles. The number of halogens is 3. The van der Waals surface area contributed by atoms with E-state index >= 15 is 0 Å². The van der Waals surface area contributed by atoms with E-state index in [1.165, 1.54) is 12.1 Å². The SMILES string of the molecule is O=c1[nH]c(=O)n(-c2cc(Cl)c(Oc3n[nH]c(=O)c4c3CCCC4)c(Cl)c2)nc1CBr. The number of hydrogen-bond acceptors (Lipinski definition) is 6. The highest BCUT2D eigenvalue weighted by atomic mass is 79.9. The van der Waals surface area contributed by atoms with Crippen LogP contribution < -0.4 is 21.5 Å². The molecule has 156 valence electrons. The summed E-state index contributed by atoms with van der Waals surface area (Å²) in [5, 5.41) is 10.8. The van der Waals surface area contributed by atoms with Gasteiger partial charge in [0.2, 0.25) is 5.88 Å². The van der Waals surface area contributed by atoms with Gasteiger partial charge in [-0.2, -0.15) is 9.78 Å². The maximum Gasteiger partial charge on any atom is 0.349 e. The van der Waals surface area contributed by atoms with Crippen LogP contribution in [0, 0.1) is 0 Å². The van der Waals surface area contributed by atoms with E-state index in [0.29, 0.717) is 18.4 Å². The van der Waals surface area contributed by atoms with Crippen LogP contribution in [0.2, 0.25) is 10.0 Å². The monoisotopic (exact) mass is 513 g/mol. The Morgan fingerprint density at radius 3 is 2.40 bits per heavy atom. The molecule has 12 heteroatoms. The van der Waals surface area contributed by atoms with E-state index in [2.05, 4.69) is 36.2 Å². The molecule has 0 unspecified atom stereocenters. The predicted octanol–water partition coefficient (Wildman–Crippen LogP) is 2.88. The maximum atomic E-state index is 12.2. The highest BCUT2D eigenvalue weighted by molar-refractivity contribution is 9.08. The normalized spacial score (nSPS) is 13.2. The summed E-state index contributed by atoms with van der Waals surface area (Å²) in [6, 6.07) is 2.87. The van der Waals surface area contributed by atoms with Crippen LogP contribution in [0.15, 0.2) is 26.5 Å². The summed E-state index contributed by atoms with van der Waals surface area (Å²) in [5.74, 6) is 0.370. The first-order valence-corrected chi connectivity index (χ1v) is 10.8. The Bertz CT molecular complexity index is 1290. The number of rotatable bonds is 4. The first-order chi connectivity index (χ1) is 14.4. The summed E-state index contributed by atoms with van der Waals surface area (Å²) in [7, 11) is 0. The predicted molar refractivity (Wildman–Crippen MR) is 115 cm³/mol. The van der Waals surface area contributed by atoms with Crippen molar-refractivity contribution in [1.82, 2.24) is 25.0 Å². The van der Waals surface area contributed by atoms with Gasteiger partial charge in [0.1, 0.15) is 5.69 Å². The van der Waals surface area contributed by atoms with Gasteiger partial charge in [-0.1, -0.05) is 39.1 Å². The van der Waals surface area contributed by atoms with Crippen molar-refractivity contribution >= 4 is 39.1 Å². The number of ether oxygens (including phenoxy) is 1. The minimum Gasteiger partial charge on any atom is -0.434 e. The molecule has 0 saturated heterocycles. The van der Waals surface area contributed by atoms with Gasteiger partial charge in [0.15, 0.2) is 5.75 Å². The van der Waals surface area contributed by atoms with E-state index in [9.17, 15) is 14.4 Å². The summed E-state index contributed by atoms with van der Waals surface area (Å²) in [6.45, 7) is 0. The lowest BCUT2D eigenvalue weighted by molar-refractivity contribution is 0.440. The molecular formula is C18H14BrCl2N5O4. The Kier molecular flexibility index (Phi) is 5.81. The minimum absolute atomic E-state index is 0.107. The highest BCUT2D eigenvalue weighted by Crippen LogP contribution is 2.39. The van der Waals surface area contributed by atoms with Crippen LogP contribution in [0.5, 0.6) is 11.6 Å². The molecule has 1 aliphatic rings. The van der Waals surface area contributed by atoms with Crippen LogP contribution in [0.3, 0.4) is 0 Å². The molecule has 1 aromatic carbocycles. The third-order valence-corrected chi connectivity index (χ3v) is 5.80. The Labute approximate surface area is 187 Å². The Morgan fingerprint density at radius 1 is 1.07 bits per heavy atom. The lowest BCUT2D eigenvalue weighted by atomic mass is 9.94. The fourth-order valence-electron chi connectivity index (χ4n) is 3.27. The Balaban J connectivity index is 1.76. The van der Waals surface area contributed by atoms with Crippen molar-refractivity contribution in [2.24, 2.45) is 0 Å². The second kappa shape index (κ2) is 8.37. The van der Waals surface area contributed by atoms with Crippen molar-refractivity contribution in [3.05, 3.63) is 70.2 Å². The summed E-state index contributed by atoms with van der Waals surface area (Å²) in [4.78, 5) is 38.1. The van der Waals surface area contributed by atoms with Crippen LogP contribution in [0.1, 0.15) is 29.7 Å². The fraction of sp³-hybridized carbons (Fsp3) is 0.278. The van der Waals surface area contributed by atoms with Crippen LogP contribution in [0.4, 0.5) is 0 Å². The summed E-state index contributed by atoms with van der Waals surface area (Å²) >= 11 is 15.9. The standard InChI is InChI=1S/C18H14BrCl2N5O4/c19-7-13-16(28)22-18(29)26(25-13)8-5-11(20)14(12(21)6-8)30-17-10-4-2-1-3-9(10)15(27)23-24-17/h5-6H,1-4,7H2,(H,23,27)(H,22,28,29). The number of nitrogens with zero attached hydrogens (tertiary/aromatic N) is 3. The molecule has 0 radical (unpaired) electrons. The Morgan fingerprint density at radius 2 is 1.73 bits per heavy atom. The van der Waals surface area contributed by atoms with E-state index in [1.807, 2.05) is 0 Å². The van der Waals surface area contributed by atoms with Gasteiger partial charge in [-0.05, 0) is 37.8 Å². The van der Waals surface area contributed by atoms with Gasteiger partial charge in [0.25, 0.3) is 11.1 Å². The molecule has 0 saturated carbocycles. The average molecular weight is 515 g/mol. The number of H-pyrrole nitrogens is 2. The molecule has 0 fully saturated rings. The zero-order valence-corrected chi connectivity index (χ0v) is 18.4. The third kappa shape index (κ3) is 3.82. The van der Waals surface area contributed by atoms with Gasteiger partial charge < -0.3 is 4.74 Å². The smallest absolute Gasteiger partial charge is 0.349 e. The van der Waals surface area contributed by atoms with E-state index in [0.717, 1.165) is 23.1 Å². The molecule has 0 spiro atoms. The zero-order valence-electron chi connectivity index (χ0n) is 15.3. The summed E-state index contributed by atoms with van der Waals surface area (Å²) < 4.78 is 6.85.